The standard InChI is InChI=1S/C19H22INO3/c1-13(10-14-6-8-15(9-7-14)19(23)24-2)21-12-18(22)16-4-3-5-17(20)11-16/h3-9,11,13,18,21-22H,10,12H2,1-2H3. The van der Waals surface area contributed by atoms with Gasteiger partial charge in [0.1, 0.15) is 0 Å². The van der Waals surface area contributed by atoms with Crippen molar-refractivity contribution in [3.8, 4) is 0 Å². The number of methoxy groups -OCH3 is 1. The third-order valence-corrected chi connectivity index (χ3v) is 4.48. The van der Waals surface area contributed by atoms with Gasteiger partial charge >= 0.3 is 5.97 Å². The van der Waals surface area contributed by atoms with Crippen molar-refractivity contribution in [1.29, 1.82) is 0 Å². The molecular weight excluding hydrogens is 417 g/mol. The molecule has 0 saturated carbocycles. The molecule has 5 heteroatoms. The molecule has 0 amide bonds. The van der Waals surface area contributed by atoms with Crippen LogP contribution in [0, 0.1) is 3.57 Å². The molecule has 0 aromatic heterocycles. The fourth-order valence-corrected chi connectivity index (χ4v) is 3.03. The van der Waals surface area contributed by atoms with E-state index in [-0.39, 0.29) is 12.0 Å². The quantitative estimate of drug-likeness (QED) is 0.514. The maximum Gasteiger partial charge on any atom is 0.337 e. The Morgan fingerprint density at radius 2 is 1.96 bits per heavy atom. The molecule has 0 aliphatic rings. The molecule has 2 aromatic rings. The minimum absolute atomic E-state index is 0.214. The summed E-state index contributed by atoms with van der Waals surface area (Å²) in [4.78, 5) is 11.4. The Morgan fingerprint density at radius 3 is 2.58 bits per heavy atom. The highest BCUT2D eigenvalue weighted by Crippen LogP contribution is 2.15. The van der Waals surface area contributed by atoms with Crippen molar-refractivity contribution in [2.24, 2.45) is 0 Å². The number of nitrogens with one attached hydrogen (secondary N) is 1. The molecule has 2 aromatic carbocycles. The number of halogens is 1. The summed E-state index contributed by atoms with van der Waals surface area (Å²) >= 11 is 2.24. The molecule has 128 valence electrons. The second kappa shape index (κ2) is 9.15. The third kappa shape index (κ3) is 5.58. The van der Waals surface area contributed by atoms with E-state index in [1.54, 1.807) is 12.1 Å². The van der Waals surface area contributed by atoms with Crippen LogP contribution in [0.5, 0.6) is 0 Å². The fourth-order valence-electron chi connectivity index (χ4n) is 2.47. The number of esters is 1. The number of aliphatic hydroxyl groups excluding tert-OH is 1. The van der Waals surface area contributed by atoms with Crippen molar-refractivity contribution in [3.05, 3.63) is 68.8 Å². The van der Waals surface area contributed by atoms with Crippen molar-refractivity contribution in [2.45, 2.75) is 25.5 Å². The predicted molar refractivity (Wildman–Crippen MR) is 103 cm³/mol. The van der Waals surface area contributed by atoms with Crippen LogP contribution in [0.3, 0.4) is 0 Å². The Balaban J connectivity index is 1.84. The van der Waals surface area contributed by atoms with Crippen LogP contribution in [0.15, 0.2) is 48.5 Å². The zero-order valence-electron chi connectivity index (χ0n) is 13.8. The first-order chi connectivity index (χ1) is 11.5. The van der Waals surface area contributed by atoms with Gasteiger partial charge < -0.3 is 15.2 Å². The highest BCUT2D eigenvalue weighted by atomic mass is 127. The van der Waals surface area contributed by atoms with E-state index in [0.29, 0.717) is 12.1 Å². The summed E-state index contributed by atoms with van der Waals surface area (Å²) < 4.78 is 5.81. The van der Waals surface area contributed by atoms with E-state index in [2.05, 4.69) is 34.8 Å². The van der Waals surface area contributed by atoms with E-state index < -0.39 is 6.10 Å². The highest BCUT2D eigenvalue weighted by Gasteiger charge is 2.11. The van der Waals surface area contributed by atoms with Crippen LogP contribution in [-0.2, 0) is 11.2 Å². The summed E-state index contributed by atoms with van der Waals surface area (Å²) in [7, 11) is 1.38. The fraction of sp³-hybridized carbons (Fsp3) is 0.316. The molecule has 0 fully saturated rings. The summed E-state index contributed by atoms with van der Waals surface area (Å²) in [6, 6.07) is 15.5. The molecule has 0 heterocycles. The second-order valence-electron chi connectivity index (χ2n) is 5.77. The lowest BCUT2D eigenvalue weighted by Gasteiger charge is -2.18. The van der Waals surface area contributed by atoms with Gasteiger partial charge in [-0.05, 0) is 71.3 Å². The summed E-state index contributed by atoms with van der Waals surface area (Å²) in [5, 5.41) is 13.6. The second-order valence-corrected chi connectivity index (χ2v) is 7.02. The lowest BCUT2D eigenvalue weighted by atomic mass is 10.0. The number of carbonyl (C=O) groups is 1. The minimum atomic E-state index is -0.524. The van der Waals surface area contributed by atoms with Crippen molar-refractivity contribution < 1.29 is 14.6 Å². The van der Waals surface area contributed by atoms with Gasteiger partial charge in [0.2, 0.25) is 0 Å². The van der Waals surface area contributed by atoms with E-state index in [4.69, 9.17) is 4.74 Å². The van der Waals surface area contributed by atoms with Crippen LogP contribution in [0.4, 0.5) is 0 Å². The minimum Gasteiger partial charge on any atom is -0.465 e. The van der Waals surface area contributed by atoms with Crippen LogP contribution in [0.25, 0.3) is 0 Å². The first-order valence-electron chi connectivity index (χ1n) is 7.83. The van der Waals surface area contributed by atoms with Crippen LogP contribution in [0.1, 0.15) is 34.5 Å². The van der Waals surface area contributed by atoms with E-state index in [9.17, 15) is 9.90 Å². The van der Waals surface area contributed by atoms with Gasteiger partial charge in [-0.3, -0.25) is 0 Å². The molecule has 0 aliphatic carbocycles. The van der Waals surface area contributed by atoms with Crippen LogP contribution < -0.4 is 5.32 Å². The Morgan fingerprint density at radius 1 is 1.25 bits per heavy atom. The Bertz CT molecular complexity index is 673. The average Bonchev–Trinajstić information content (AvgIpc) is 2.59. The molecule has 0 aliphatic heterocycles. The SMILES string of the molecule is COC(=O)c1ccc(CC(C)NCC(O)c2cccc(I)c2)cc1. The first-order valence-corrected chi connectivity index (χ1v) is 8.91. The number of benzene rings is 2. The molecule has 2 unspecified atom stereocenters. The number of ether oxygens (including phenoxy) is 1. The van der Waals surface area contributed by atoms with Crippen molar-refractivity contribution in [2.75, 3.05) is 13.7 Å². The lowest BCUT2D eigenvalue weighted by Crippen LogP contribution is -2.32. The molecule has 0 spiro atoms. The summed E-state index contributed by atoms with van der Waals surface area (Å²) in [5.41, 5.74) is 2.60. The molecule has 0 bridgehead atoms. The average molecular weight is 439 g/mol. The number of aliphatic hydroxyl groups is 1. The molecule has 2 atom stereocenters. The van der Waals surface area contributed by atoms with Gasteiger partial charge in [-0.2, -0.15) is 0 Å². The largest absolute Gasteiger partial charge is 0.465 e. The monoisotopic (exact) mass is 439 g/mol. The summed E-state index contributed by atoms with van der Waals surface area (Å²) in [5.74, 6) is -0.326. The van der Waals surface area contributed by atoms with Gasteiger partial charge in [0, 0.05) is 16.2 Å². The summed E-state index contributed by atoms with van der Waals surface area (Å²) in [6.07, 6.45) is 0.296. The number of hydrogen-bond acceptors (Lipinski definition) is 4. The molecular formula is C19H22INO3. The molecule has 24 heavy (non-hydrogen) atoms. The molecule has 4 nitrogen and oxygen atoms in total. The van der Waals surface area contributed by atoms with Gasteiger partial charge in [-0.25, -0.2) is 4.79 Å². The van der Waals surface area contributed by atoms with Gasteiger partial charge in [0.25, 0.3) is 0 Å². The van der Waals surface area contributed by atoms with Crippen molar-refractivity contribution in [1.82, 2.24) is 5.32 Å². The van der Waals surface area contributed by atoms with E-state index in [1.165, 1.54) is 7.11 Å². The van der Waals surface area contributed by atoms with E-state index >= 15 is 0 Å². The number of carbonyl (C=O) groups excluding carboxylic acids is 1. The van der Waals surface area contributed by atoms with Crippen molar-refractivity contribution >= 4 is 28.6 Å². The number of hydrogen-bond donors (Lipinski definition) is 2. The number of rotatable bonds is 7. The van der Waals surface area contributed by atoms with Gasteiger partial charge in [0.05, 0.1) is 18.8 Å². The van der Waals surface area contributed by atoms with E-state index in [0.717, 1.165) is 21.1 Å². The van der Waals surface area contributed by atoms with Crippen LogP contribution >= 0.6 is 22.6 Å². The molecule has 0 saturated heterocycles. The Hall–Kier alpha value is -1.44. The lowest BCUT2D eigenvalue weighted by molar-refractivity contribution is 0.0600. The van der Waals surface area contributed by atoms with Crippen molar-refractivity contribution in [3.63, 3.8) is 0 Å². The predicted octanol–water partition coefficient (Wildman–Crippen LogP) is 3.33. The zero-order valence-corrected chi connectivity index (χ0v) is 16.0. The van der Waals surface area contributed by atoms with Gasteiger partial charge in [-0.15, -0.1) is 0 Å². The van der Waals surface area contributed by atoms with E-state index in [1.807, 2.05) is 36.4 Å². The first kappa shape index (κ1) is 18.9. The van der Waals surface area contributed by atoms with Crippen LogP contribution in [-0.4, -0.2) is 30.8 Å². The summed E-state index contributed by atoms with van der Waals surface area (Å²) in [6.45, 7) is 2.58. The van der Waals surface area contributed by atoms with Gasteiger partial charge in [-0.1, -0.05) is 24.3 Å². The zero-order chi connectivity index (χ0) is 17.5. The maximum absolute atomic E-state index is 11.4. The topological polar surface area (TPSA) is 58.6 Å². The smallest absolute Gasteiger partial charge is 0.337 e. The van der Waals surface area contributed by atoms with Crippen LogP contribution in [0.2, 0.25) is 0 Å². The molecule has 2 N–H and O–H groups in total. The Labute approximate surface area is 156 Å². The molecule has 2 rings (SSSR count). The molecule has 0 radical (unpaired) electrons. The maximum atomic E-state index is 11.4. The Kier molecular flexibility index (Phi) is 7.20. The van der Waals surface area contributed by atoms with Gasteiger partial charge in [0.15, 0.2) is 0 Å². The third-order valence-electron chi connectivity index (χ3n) is 3.81. The highest BCUT2D eigenvalue weighted by molar-refractivity contribution is 14.1. The normalized spacial score (nSPS) is 13.3.